The van der Waals surface area contributed by atoms with Gasteiger partial charge >= 0.3 is 11.5 Å². The minimum absolute atomic E-state index is 0.0574. The fourth-order valence-electron chi connectivity index (χ4n) is 2.37. The Kier molecular flexibility index (Phi) is 9.84. The summed E-state index contributed by atoms with van der Waals surface area (Å²) in [6, 6.07) is 23.0. The smallest absolute Gasteiger partial charge is 0.407 e. The van der Waals surface area contributed by atoms with E-state index < -0.39 is 17.3 Å². The van der Waals surface area contributed by atoms with E-state index in [0.717, 1.165) is 11.1 Å². The Morgan fingerprint density at radius 3 is 1.90 bits per heavy atom. The van der Waals surface area contributed by atoms with Crippen LogP contribution < -0.4 is 11.1 Å². The number of hydrogen-bond donors (Lipinski definition) is 2. The van der Waals surface area contributed by atoms with Crippen LogP contribution in [0.25, 0.3) is 0 Å². The Hall–Kier alpha value is -3.58. The lowest BCUT2D eigenvalue weighted by atomic mass is 10.2. The highest BCUT2D eigenvalue weighted by atomic mass is 35.5. The van der Waals surface area contributed by atoms with E-state index in [-0.39, 0.29) is 25.4 Å². The van der Waals surface area contributed by atoms with Crippen LogP contribution >= 0.6 is 11.6 Å². The maximum atomic E-state index is 13.0. The van der Waals surface area contributed by atoms with Crippen molar-refractivity contribution in [2.45, 2.75) is 19.8 Å². The number of nitrogen functional groups attached to an aromatic ring is 1. The summed E-state index contributed by atoms with van der Waals surface area (Å²) in [7, 11) is 0. The van der Waals surface area contributed by atoms with Gasteiger partial charge < -0.3 is 20.5 Å². The van der Waals surface area contributed by atoms with Crippen LogP contribution in [0, 0.1) is 5.82 Å². The number of alkyl carbamates (subject to hydrolysis) is 1. The van der Waals surface area contributed by atoms with Crippen LogP contribution in [0.1, 0.15) is 16.7 Å². The molecule has 0 aliphatic carbocycles. The van der Waals surface area contributed by atoms with Crippen LogP contribution in [0.15, 0.2) is 78.9 Å². The Morgan fingerprint density at radius 2 is 1.39 bits per heavy atom. The van der Waals surface area contributed by atoms with E-state index in [2.05, 4.69) is 10.1 Å². The molecule has 0 saturated carbocycles. The number of nitrogens with two attached hydrogens (primary N) is 1. The van der Waals surface area contributed by atoms with E-state index in [0.29, 0.717) is 5.56 Å². The molecule has 0 radical (unpaired) electrons. The number of halogens is 2. The first-order valence-electron chi connectivity index (χ1n) is 9.28. The summed E-state index contributed by atoms with van der Waals surface area (Å²) in [5.41, 5.74) is 7.28. The highest BCUT2D eigenvalue weighted by Crippen LogP contribution is 2.12. The molecule has 0 atom stereocenters. The fraction of sp³-hybridized carbons (Fsp3) is 0.130. The minimum atomic E-state index is -0.770. The molecule has 0 heterocycles. The summed E-state index contributed by atoms with van der Waals surface area (Å²) in [6.45, 7) is 0.680. The lowest BCUT2D eigenvalue weighted by Crippen LogP contribution is -2.23. The molecule has 0 fully saturated rings. The molecule has 162 valence electrons. The Balaban J connectivity index is 0.000000262. The largest absolute Gasteiger partial charge is 0.449 e. The number of hydrogen-bond acceptors (Lipinski definition) is 5. The summed E-state index contributed by atoms with van der Waals surface area (Å²) in [5.74, 6) is -0.472. The highest BCUT2D eigenvalue weighted by Gasteiger charge is 2.04. The number of benzene rings is 3. The number of carbonyl (C=O) groups excluding carboxylic acids is 2. The predicted octanol–water partition coefficient (Wildman–Crippen LogP) is 5.40. The van der Waals surface area contributed by atoms with E-state index in [1.54, 1.807) is 6.07 Å². The topological polar surface area (TPSA) is 90.6 Å². The van der Waals surface area contributed by atoms with Gasteiger partial charge in [-0.25, -0.2) is 14.0 Å². The molecule has 0 aliphatic heterocycles. The van der Waals surface area contributed by atoms with E-state index in [1.165, 1.54) is 12.1 Å². The fourth-order valence-corrected chi connectivity index (χ4v) is 2.42. The summed E-state index contributed by atoms with van der Waals surface area (Å²) in [4.78, 5) is 21.7. The maximum absolute atomic E-state index is 13.0. The first kappa shape index (κ1) is 23.7. The molecule has 3 aromatic rings. The van der Waals surface area contributed by atoms with Crippen molar-refractivity contribution in [3.8, 4) is 0 Å². The third kappa shape index (κ3) is 9.64. The molecule has 6 nitrogen and oxygen atoms in total. The number of anilines is 1. The second kappa shape index (κ2) is 12.9. The summed E-state index contributed by atoms with van der Waals surface area (Å²) < 4.78 is 22.6. The van der Waals surface area contributed by atoms with Crippen LogP contribution in [-0.4, -0.2) is 11.5 Å². The average Bonchev–Trinajstić information content (AvgIpc) is 2.79. The molecule has 31 heavy (non-hydrogen) atoms. The van der Waals surface area contributed by atoms with Crippen molar-refractivity contribution in [2.24, 2.45) is 0 Å². The summed E-state index contributed by atoms with van der Waals surface area (Å²) in [5, 5.41) is 2.58. The van der Waals surface area contributed by atoms with Crippen LogP contribution in [0.5, 0.6) is 0 Å². The maximum Gasteiger partial charge on any atom is 0.407 e. The number of ether oxygens (including phenoxy) is 2. The second-order valence-corrected chi connectivity index (χ2v) is 6.59. The first-order valence-corrected chi connectivity index (χ1v) is 9.66. The van der Waals surface area contributed by atoms with Gasteiger partial charge in [-0.2, -0.15) is 0 Å². The normalized spacial score (nSPS) is 9.74. The standard InChI is InChI=1S/C15H15FN2O2.C8H7ClO2/c16-13-7-6-12(8-14(13)17)9-18-15(19)20-10-11-4-2-1-3-5-11;9-8(10)11-6-7-4-2-1-3-5-7/h1-8H,9-10,17H2,(H,18,19);1-5H,6H2. The van der Waals surface area contributed by atoms with E-state index in [9.17, 15) is 14.0 Å². The van der Waals surface area contributed by atoms with Crippen molar-refractivity contribution < 1.29 is 23.5 Å². The molecule has 0 spiro atoms. The van der Waals surface area contributed by atoms with Crippen LogP contribution in [0.2, 0.25) is 0 Å². The Morgan fingerprint density at radius 1 is 0.839 bits per heavy atom. The van der Waals surface area contributed by atoms with Crippen molar-refractivity contribution in [3.63, 3.8) is 0 Å². The molecular weight excluding hydrogens is 423 g/mol. The van der Waals surface area contributed by atoms with E-state index >= 15 is 0 Å². The molecule has 3 N–H and O–H groups in total. The number of nitrogens with one attached hydrogen (secondary N) is 1. The van der Waals surface area contributed by atoms with Gasteiger partial charge in [0.25, 0.3) is 0 Å². The van der Waals surface area contributed by atoms with Gasteiger partial charge in [0.1, 0.15) is 19.0 Å². The van der Waals surface area contributed by atoms with Crippen LogP contribution in [0.4, 0.5) is 19.7 Å². The molecule has 0 aliphatic rings. The molecular formula is C23H22ClFN2O4. The summed E-state index contributed by atoms with van der Waals surface area (Å²) >= 11 is 4.97. The van der Waals surface area contributed by atoms with E-state index in [4.69, 9.17) is 22.1 Å². The van der Waals surface area contributed by atoms with Crippen molar-refractivity contribution in [1.29, 1.82) is 0 Å². The van der Waals surface area contributed by atoms with Gasteiger partial charge in [-0.1, -0.05) is 66.7 Å². The van der Waals surface area contributed by atoms with Crippen molar-refractivity contribution in [2.75, 3.05) is 5.73 Å². The Labute approximate surface area is 184 Å². The molecule has 0 unspecified atom stereocenters. The second-order valence-electron chi connectivity index (χ2n) is 6.28. The van der Waals surface area contributed by atoms with Crippen molar-refractivity contribution in [1.82, 2.24) is 5.32 Å². The number of rotatable bonds is 6. The first-order chi connectivity index (χ1) is 14.9. The molecule has 0 bridgehead atoms. The lowest BCUT2D eigenvalue weighted by molar-refractivity contribution is 0.139. The van der Waals surface area contributed by atoms with Crippen LogP contribution in [0.3, 0.4) is 0 Å². The van der Waals surface area contributed by atoms with Gasteiger partial charge in [0.05, 0.1) is 5.69 Å². The average molecular weight is 445 g/mol. The molecule has 8 heteroatoms. The Bertz CT molecular complexity index is 972. The number of amides is 1. The third-order valence-corrected chi connectivity index (χ3v) is 4.01. The third-order valence-electron chi connectivity index (χ3n) is 3.91. The molecule has 0 aromatic heterocycles. The van der Waals surface area contributed by atoms with Gasteiger partial charge in [-0.3, -0.25) is 0 Å². The van der Waals surface area contributed by atoms with Crippen molar-refractivity contribution in [3.05, 3.63) is 101 Å². The molecule has 3 rings (SSSR count). The van der Waals surface area contributed by atoms with Gasteiger partial charge in [-0.05, 0) is 28.8 Å². The molecule has 1 amide bonds. The van der Waals surface area contributed by atoms with Crippen LogP contribution in [-0.2, 0) is 29.2 Å². The van der Waals surface area contributed by atoms with Gasteiger partial charge in [0.2, 0.25) is 0 Å². The minimum Gasteiger partial charge on any atom is -0.449 e. The SMILES string of the molecule is Nc1cc(CNC(=O)OCc2ccccc2)ccc1F.O=C(Cl)OCc1ccccc1. The van der Waals surface area contributed by atoms with Gasteiger partial charge in [0, 0.05) is 18.1 Å². The lowest BCUT2D eigenvalue weighted by Gasteiger charge is -2.08. The monoisotopic (exact) mass is 444 g/mol. The summed E-state index contributed by atoms with van der Waals surface area (Å²) in [6.07, 6.45) is -0.531. The quantitative estimate of drug-likeness (QED) is 0.392. The van der Waals surface area contributed by atoms with Crippen molar-refractivity contribution >= 4 is 28.8 Å². The zero-order chi connectivity index (χ0) is 22.5. The zero-order valence-electron chi connectivity index (χ0n) is 16.6. The van der Waals surface area contributed by atoms with Gasteiger partial charge in [-0.15, -0.1) is 0 Å². The van der Waals surface area contributed by atoms with E-state index in [1.807, 2.05) is 60.7 Å². The zero-order valence-corrected chi connectivity index (χ0v) is 17.3. The number of carbonyl (C=O) groups is 2. The highest BCUT2D eigenvalue weighted by molar-refractivity contribution is 6.61. The van der Waals surface area contributed by atoms with Gasteiger partial charge in [0.15, 0.2) is 0 Å². The predicted molar refractivity (Wildman–Crippen MR) is 117 cm³/mol. The molecule has 0 saturated heterocycles. The molecule has 3 aromatic carbocycles.